The molecule has 2 aromatic heterocycles. The zero-order valence-corrected chi connectivity index (χ0v) is 20.0. The number of ether oxygens (including phenoxy) is 2. The monoisotopic (exact) mass is 459 g/mol. The van der Waals surface area contributed by atoms with Crippen molar-refractivity contribution in [2.24, 2.45) is 0 Å². The van der Waals surface area contributed by atoms with Crippen molar-refractivity contribution in [1.29, 1.82) is 0 Å². The highest BCUT2D eigenvalue weighted by molar-refractivity contribution is 5.83. The Kier molecular flexibility index (Phi) is 9.88. The van der Waals surface area contributed by atoms with E-state index in [0.29, 0.717) is 22.8 Å². The Hall–Kier alpha value is -2.25. The van der Waals surface area contributed by atoms with Crippen molar-refractivity contribution in [3.05, 3.63) is 12.2 Å². The van der Waals surface area contributed by atoms with Crippen molar-refractivity contribution in [2.45, 2.75) is 89.3 Å². The lowest BCUT2D eigenvalue weighted by Gasteiger charge is -2.20. The van der Waals surface area contributed by atoms with Crippen molar-refractivity contribution < 1.29 is 19.7 Å². The first-order valence-electron chi connectivity index (χ1n) is 12.0. The van der Waals surface area contributed by atoms with Crippen LogP contribution in [0.15, 0.2) is 6.33 Å². The molecule has 182 valence electrons. The number of hydrogen-bond acceptors (Lipinski definition) is 8. The molecule has 0 aromatic carbocycles. The largest absolute Gasteiger partial charge is 0.394 e. The number of rotatable bonds is 12. The van der Waals surface area contributed by atoms with Gasteiger partial charge in [0.15, 0.2) is 23.2 Å². The number of nitrogens with zero attached hydrogens (tertiary/aromatic N) is 4. The van der Waals surface area contributed by atoms with Crippen LogP contribution in [0.4, 0.5) is 5.82 Å². The molecule has 2 aromatic rings. The van der Waals surface area contributed by atoms with Gasteiger partial charge in [0.25, 0.3) is 0 Å². The van der Waals surface area contributed by atoms with E-state index in [9.17, 15) is 10.2 Å². The van der Waals surface area contributed by atoms with Crippen molar-refractivity contribution >= 4 is 17.0 Å². The van der Waals surface area contributed by atoms with Crippen LogP contribution in [0.25, 0.3) is 11.2 Å². The van der Waals surface area contributed by atoms with Crippen LogP contribution < -0.4 is 5.32 Å². The van der Waals surface area contributed by atoms with Gasteiger partial charge < -0.3 is 25.0 Å². The predicted octanol–water partition coefficient (Wildman–Crippen LogP) is 3.02. The maximum atomic E-state index is 10.4. The van der Waals surface area contributed by atoms with Gasteiger partial charge in [0.05, 0.1) is 12.9 Å². The molecule has 0 amide bonds. The average molecular weight is 460 g/mol. The Balaban J connectivity index is 1.68. The molecule has 1 aliphatic rings. The smallest absolute Gasteiger partial charge is 0.208 e. The zero-order chi connectivity index (χ0) is 23.6. The molecule has 1 saturated heterocycles. The van der Waals surface area contributed by atoms with E-state index < -0.39 is 24.5 Å². The summed E-state index contributed by atoms with van der Waals surface area (Å²) in [6, 6.07) is 0. The molecule has 1 fully saturated rings. The summed E-state index contributed by atoms with van der Waals surface area (Å²) in [5.41, 5.74) is 1.11. The molecule has 0 saturated carbocycles. The van der Waals surface area contributed by atoms with E-state index in [1.54, 1.807) is 17.9 Å². The summed E-state index contributed by atoms with van der Waals surface area (Å²) in [4.78, 5) is 13.5. The second kappa shape index (κ2) is 12.8. The molecule has 0 bridgehead atoms. The number of imidazole rings is 1. The van der Waals surface area contributed by atoms with Crippen LogP contribution >= 0.6 is 0 Å². The fourth-order valence-electron chi connectivity index (χ4n) is 4.17. The molecule has 3 heterocycles. The van der Waals surface area contributed by atoms with Gasteiger partial charge in [-0.3, -0.25) is 4.57 Å². The fourth-order valence-corrected chi connectivity index (χ4v) is 4.17. The van der Waals surface area contributed by atoms with E-state index >= 15 is 0 Å². The van der Waals surface area contributed by atoms with Crippen molar-refractivity contribution in [2.75, 3.05) is 26.1 Å². The maximum absolute atomic E-state index is 10.4. The molecule has 0 radical (unpaired) electrons. The second-order valence-electron chi connectivity index (χ2n) is 8.44. The molecule has 9 nitrogen and oxygen atoms in total. The Bertz CT molecular complexity index is 938. The number of aromatic nitrogens is 4. The third kappa shape index (κ3) is 6.21. The van der Waals surface area contributed by atoms with E-state index in [1.807, 2.05) is 0 Å². The third-order valence-electron chi connectivity index (χ3n) is 6.05. The number of aliphatic hydroxyl groups excluding tert-OH is 2. The van der Waals surface area contributed by atoms with Crippen molar-refractivity contribution in [3.63, 3.8) is 0 Å². The Labute approximate surface area is 195 Å². The minimum atomic E-state index is -0.959. The second-order valence-corrected chi connectivity index (χ2v) is 8.44. The lowest BCUT2D eigenvalue weighted by molar-refractivity contribution is -0.0583. The summed E-state index contributed by atoms with van der Waals surface area (Å²) in [7, 11) is 3.27. The van der Waals surface area contributed by atoms with E-state index in [0.717, 1.165) is 12.8 Å². The van der Waals surface area contributed by atoms with Gasteiger partial charge in [0.2, 0.25) is 5.82 Å². The summed E-state index contributed by atoms with van der Waals surface area (Å²) in [5.74, 6) is 7.24. The summed E-state index contributed by atoms with van der Waals surface area (Å²) < 4.78 is 13.0. The van der Waals surface area contributed by atoms with E-state index in [-0.39, 0.29) is 6.61 Å². The van der Waals surface area contributed by atoms with E-state index in [4.69, 9.17) is 9.47 Å². The molecule has 3 N–H and O–H groups in total. The molecule has 3 rings (SSSR count). The molecule has 33 heavy (non-hydrogen) atoms. The van der Waals surface area contributed by atoms with Crippen LogP contribution in [-0.2, 0) is 9.47 Å². The van der Waals surface area contributed by atoms with Gasteiger partial charge in [-0.2, -0.15) is 0 Å². The lowest BCUT2D eigenvalue weighted by Crippen LogP contribution is -2.34. The molecule has 9 heteroatoms. The van der Waals surface area contributed by atoms with E-state index in [2.05, 4.69) is 39.0 Å². The standard InChI is InChI=1S/C24H37N5O4/c1-4-5-6-7-8-9-10-11-12-13-14-18-27-22(25-2)19-23(28-18)29(16-26-19)24-21(32-3)20(31)17(15-30)33-24/h16-17,20-21,24,30-31H,4-12,15H2,1-3H3,(H,25,27,28)/t17-,20-,21-,24-/m1/s1. The quantitative estimate of drug-likeness (QED) is 0.328. The molecule has 0 unspecified atom stereocenters. The highest BCUT2D eigenvalue weighted by Crippen LogP contribution is 2.33. The first-order valence-corrected chi connectivity index (χ1v) is 12.0. The fraction of sp³-hybridized carbons (Fsp3) is 0.708. The van der Waals surface area contributed by atoms with Gasteiger partial charge in [-0.15, -0.1) is 0 Å². The van der Waals surface area contributed by atoms with Crippen LogP contribution in [0.1, 0.15) is 76.8 Å². The number of unbranched alkanes of at least 4 members (excludes halogenated alkanes) is 8. The maximum Gasteiger partial charge on any atom is 0.208 e. The molecule has 0 spiro atoms. The molecular weight excluding hydrogens is 422 g/mol. The first-order chi connectivity index (χ1) is 16.1. The predicted molar refractivity (Wildman–Crippen MR) is 127 cm³/mol. The highest BCUT2D eigenvalue weighted by atomic mass is 16.6. The van der Waals surface area contributed by atoms with E-state index in [1.165, 1.54) is 52.1 Å². The van der Waals surface area contributed by atoms with Crippen molar-refractivity contribution in [3.8, 4) is 11.8 Å². The minimum absolute atomic E-state index is 0.309. The topological polar surface area (TPSA) is 115 Å². The normalized spacial score (nSPS) is 22.5. The number of nitrogens with one attached hydrogen (secondary N) is 1. The van der Waals surface area contributed by atoms with Gasteiger partial charge in [-0.25, -0.2) is 15.0 Å². The number of fused-ring (bicyclic) bond motifs is 1. The summed E-state index contributed by atoms with van der Waals surface area (Å²) in [6.07, 6.45) is 9.49. The first kappa shape index (κ1) is 25.4. The number of methoxy groups -OCH3 is 1. The van der Waals surface area contributed by atoms with Gasteiger partial charge in [-0.1, -0.05) is 57.8 Å². The molecule has 4 atom stereocenters. The Morgan fingerprint density at radius 1 is 1.15 bits per heavy atom. The Morgan fingerprint density at radius 3 is 2.55 bits per heavy atom. The van der Waals surface area contributed by atoms with Crippen LogP contribution in [0.5, 0.6) is 0 Å². The van der Waals surface area contributed by atoms with Crippen molar-refractivity contribution in [1.82, 2.24) is 19.5 Å². The average Bonchev–Trinajstić information content (AvgIpc) is 3.39. The SMILES string of the molecule is CCCCCCCCCCC#Cc1nc(NC)c2ncn([C@@H]3O[C@H](CO)[C@@H](O)[C@H]3OC)c2n1. The van der Waals surface area contributed by atoms with Crippen LogP contribution in [0.3, 0.4) is 0 Å². The third-order valence-corrected chi connectivity index (χ3v) is 6.05. The van der Waals surface area contributed by atoms with Crippen LogP contribution in [0.2, 0.25) is 0 Å². The van der Waals surface area contributed by atoms with Gasteiger partial charge >= 0.3 is 0 Å². The summed E-state index contributed by atoms with van der Waals surface area (Å²) in [6.45, 7) is 1.93. The minimum Gasteiger partial charge on any atom is -0.394 e. The molecule has 1 aliphatic heterocycles. The Morgan fingerprint density at radius 2 is 1.88 bits per heavy atom. The van der Waals surface area contributed by atoms with Gasteiger partial charge in [-0.05, 0) is 12.3 Å². The van der Waals surface area contributed by atoms with Gasteiger partial charge in [0.1, 0.15) is 18.3 Å². The lowest BCUT2D eigenvalue weighted by atomic mass is 10.1. The number of aliphatic hydroxyl groups is 2. The number of hydrogen-bond donors (Lipinski definition) is 3. The van der Waals surface area contributed by atoms with Gasteiger partial charge in [0, 0.05) is 20.6 Å². The summed E-state index contributed by atoms with van der Waals surface area (Å²) in [5, 5.41) is 23.0. The van der Waals surface area contributed by atoms with Crippen LogP contribution in [-0.4, -0.2) is 68.8 Å². The summed E-state index contributed by atoms with van der Waals surface area (Å²) >= 11 is 0. The number of anilines is 1. The highest BCUT2D eigenvalue weighted by Gasteiger charge is 2.45. The molecular formula is C24H37N5O4. The molecule has 0 aliphatic carbocycles. The van der Waals surface area contributed by atoms with Crippen LogP contribution in [0, 0.1) is 11.8 Å². The zero-order valence-electron chi connectivity index (χ0n) is 20.0.